The van der Waals surface area contributed by atoms with Crippen LogP contribution >= 0.6 is 11.8 Å². The van der Waals surface area contributed by atoms with Crippen molar-refractivity contribution < 1.29 is 4.79 Å². The van der Waals surface area contributed by atoms with E-state index >= 15 is 0 Å². The van der Waals surface area contributed by atoms with E-state index in [2.05, 4.69) is 16.4 Å². The smallest absolute Gasteiger partial charge is 0.231 e. The van der Waals surface area contributed by atoms with Crippen LogP contribution in [0.2, 0.25) is 0 Å². The first kappa shape index (κ1) is 15.6. The largest absolute Gasteiger partial charge is 0.397 e. The fourth-order valence-electron chi connectivity index (χ4n) is 2.52. The number of pyridine rings is 1. The van der Waals surface area contributed by atoms with E-state index in [4.69, 9.17) is 5.73 Å². The van der Waals surface area contributed by atoms with Crippen molar-refractivity contribution >= 4 is 23.4 Å². The van der Waals surface area contributed by atoms with Gasteiger partial charge in [-0.05, 0) is 25.0 Å². The predicted molar refractivity (Wildman–Crippen MR) is 83.6 cm³/mol. The maximum absolute atomic E-state index is 12.1. The van der Waals surface area contributed by atoms with E-state index in [1.54, 1.807) is 18.3 Å². The van der Waals surface area contributed by atoms with Gasteiger partial charge in [0.25, 0.3) is 0 Å². The first-order chi connectivity index (χ1) is 10.1. The van der Waals surface area contributed by atoms with Crippen molar-refractivity contribution in [1.29, 1.82) is 5.26 Å². The van der Waals surface area contributed by atoms with Crippen molar-refractivity contribution in [2.24, 2.45) is 0 Å². The molecule has 0 bridgehead atoms. The number of carbonyl (C=O) groups is 1. The summed E-state index contributed by atoms with van der Waals surface area (Å²) in [7, 11) is 0. The second-order valence-corrected chi connectivity index (χ2v) is 6.37. The molecule has 112 valence electrons. The van der Waals surface area contributed by atoms with E-state index < -0.39 is 5.54 Å². The molecule has 5 nitrogen and oxygen atoms in total. The Morgan fingerprint density at radius 1 is 1.38 bits per heavy atom. The number of nitriles is 1. The number of amides is 1. The SMILES string of the molecule is N#CC1(NC(=O)CSc2ccc(N)cn2)CCCCCC1. The molecule has 0 spiro atoms. The minimum atomic E-state index is -0.678. The molecule has 1 amide bonds. The Bertz CT molecular complexity index is 515. The van der Waals surface area contributed by atoms with Gasteiger partial charge in [-0.2, -0.15) is 5.26 Å². The lowest BCUT2D eigenvalue weighted by Gasteiger charge is -2.26. The summed E-state index contributed by atoms with van der Waals surface area (Å²) < 4.78 is 0. The van der Waals surface area contributed by atoms with Crippen molar-refractivity contribution in [3.63, 3.8) is 0 Å². The predicted octanol–water partition coefficient (Wildman–Crippen LogP) is 2.49. The monoisotopic (exact) mass is 304 g/mol. The number of aromatic nitrogens is 1. The van der Waals surface area contributed by atoms with Crippen LogP contribution in [0.4, 0.5) is 5.69 Å². The number of nitrogens with zero attached hydrogens (tertiary/aromatic N) is 2. The summed E-state index contributed by atoms with van der Waals surface area (Å²) >= 11 is 1.35. The molecule has 0 unspecified atom stereocenters. The molecule has 1 aliphatic carbocycles. The summed E-state index contributed by atoms with van der Waals surface area (Å²) in [5, 5.41) is 13.1. The van der Waals surface area contributed by atoms with Gasteiger partial charge in [0.2, 0.25) is 5.91 Å². The highest BCUT2D eigenvalue weighted by Gasteiger charge is 2.32. The number of hydrogen-bond donors (Lipinski definition) is 2. The lowest BCUT2D eigenvalue weighted by atomic mass is 9.92. The molecule has 0 aliphatic heterocycles. The molecule has 6 heteroatoms. The van der Waals surface area contributed by atoms with Gasteiger partial charge in [0, 0.05) is 0 Å². The zero-order valence-electron chi connectivity index (χ0n) is 12.0. The highest BCUT2D eigenvalue weighted by Crippen LogP contribution is 2.27. The Morgan fingerprint density at radius 3 is 2.67 bits per heavy atom. The standard InChI is InChI=1S/C15H20N4OS/c16-11-15(7-3-1-2-4-8-15)19-13(20)10-21-14-6-5-12(17)9-18-14/h5-6,9H,1-4,7-8,10,17H2,(H,19,20). The molecule has 1 saturated carbocycles. The van der Waals surface area contributed by atoms with Gasteiger partial charge in [0.15, 0.2) is 0 Å². The fraction of sp³-hybridized carbons (Fsp3) is 0.533. The van der Waals surface area contributed by atoms with Crippen LogP contribution in [0, 0.1) is 11.3 Å². The van der Waals surface area contributed by atoms with Crippen molar-refractivity contribution in [3.8, 4) is 6.07 Å². The third kappa shape index (κ3) is 4.64. The Morgan fingerprint density at radius 2 is 2.10 bits per heavy atom. The van der Waals surface area contributed by atoms with Crippen molar-refractivity contribution in [2.75, 3.05) is 11.5 Å². The zero-order valence-corrected chi connectivity index (χ0v) is 12.8. The maximum atomic E-state index is 12.1. The molecule has 0 radical (unpaired) electrons. The molecule has 0 atom stereocenters. The lowest BCUT2D eigenvalue weighted by Crippen LogP contribution is -2.47. The Hall–Kier alpha value is -1.74. The lowest BCUT2D eigenvalue weighted by molar-refractivity contribution is -0.120. The van der Waals surface area contributed by atoms with Gasteiger partial charge in [0.1, 0.15) is 5.54 Å². The van der Waals surface area contributed by atoms with Crippen LogP contribution in [0.3, 0.4) is 0 Å². The molecule has 21 heavy (non-hydrogen) atoms. The second kappa shape index (κ2) is 7.32. The van der Waals surface area contributed by atoms with Crippen molar-refractivity contribution in [1.82, 2.24) is 10.3 Å². The summed E-state index contributed by atoms with van der Waals surface area (Å²) in [5.41, 5.74) is 5.49. The van der Waals surface area contributed by atoms with Crippen LogP contribution in [-0.2, 0) is 4.79 Å². The summed E-state index contributed by atoms with van der Waals surface area (Å²) in [6, 6.07) is 5.87. The minimum absolute atomic E-state index is 0.109. The van der Waals surface area contributed by atoms with Crippen LogP contribution in [-0.4, -0.2) is 22.2 Å². The summed E-state index contributed by atoms with van der Waals surface area (Å²) in [5.74, 6) is 0.155. The van der Waals surface area contributed by atoms with Crippen LogP contribution in [0.15, 0.2) is 23.4 Å². The van der Waals surface area contributed by atoms with Crippen LogP contribution in [0.5, 0.6) is 0 Å². The Kier molecular flexibility index (Phi) is 5.45. The van der Waals surface area contributed by atoms with Crippen LogP contribution in [0.1, 0.15) is 38.5 Å². The van der Waals surface area contributed by atoms with E-state index in [1.807, 2.05) is 0 Å². The highest BCUT2D eigenvalue weighted by molar-refractivity contribution is 7.99. The number of nitrogens with one attached hydrogen (secondary N) is 1. The maximum Gasteiger partial charge on any atom is 0.231 e. The van der Waals surface area contributed by atoms with Crippen molar-refractivity contribution in [3.05, 3.63) is 18.3 Å². The number of rotatable bonds is 4. The summed E-state index contributed by atoms with van der Waals surface area (Å²) in [6.45, 7) is 0. The molecule has 1 heterocycles. The average Bonchev–Trinajstić information content (AvgIpc) is 2.73. The van der Waals surface area contributed by atoms with Crippen molar-refractivity contribution in [2.45, 2.75) is 49.1 Å². The van der Waals surface area contributed by atoms with Gasteiger partial charge in [-0.15, -0.1) is 0 Å². The summed E-state index contributed by atoms with van der Waals surface area (Å²) in [6.07, 6.45) is 7.36. The van der Waals surface area contributed by atoms with Gasteiger partial charge >= 0.3 is 0 Å². The van der Waals surface area contributed by atoms with Gasteiger partial charge in [-0.3, -0.25) is 4.79 Å². The molecule has 1 aromatic rings. The van der Waals surface area contributed by atoms with E-state index in [1.165, 1.54) is 11.8 Å². The third-order valence-corrected chi connectivity index (χ3v) is 4.60. The number of nitrogens with two attached hydrogens (primary N) is 1. The number of hydrogen-bond acceptors (Lipinski definition) is 5. The van der Waals surface area contributed by atoms with E-state index in [0.717, 1.165) is 43.6 Å². The zero-order chi connectivity index (χ0) is 15.1. The number of thioether (sulfide) groups is 1. The van der Waals surface area contributed by atoms with Crippen LogP contribution < -0.4 is 11.1 Å². The molecule has 1 aromatic heterocycles. The average molecular weight is 304 g/mol. The molecule has 1 aliphatic rings. The Labute approximate surface area is 129 Å². The molecular weight excluding hydrogens is 284 g/mol. The molecule has 2 rings (SSSR count). The minimum Gasteiger partial charge on any atom is -0.397 e. The number of carbonyl (C=O) groups excluding carboxylic acids is 1. The van der Waals surface area contributed by atoms with E-state index in [0.29, 0.717) is 5.69 Å². The van der Waals surface area contributed by atoms with Gasteiger partial charge < -0.3 is 11.1 Å². The summed E-state index contributed by atoms with van der Waals surface area (Å²) in [4.78, 5) is 16.2. The third-order valence-electron chi connectivity index (χ3n) is 3.66. The molecule has 1 fully saturated rings. The topological polar surface area (TPSA) is 91.8 Å². The molecular formula is C15H20N4OS. The first-order valence-electron chi connectivity index (χ1n) is 7.20. The quantitative estimate of drug-likeness (QED) is 0.658. The number of anilines is 1. The highest BCUT2D eigenvalue weighted by atomic mass is 32.2. The molecule has 0 aromatic carbocycles. The van der Waals surface area contributed by atoms with Gasteiger partial charge in [-0.25, -0.2) is 4.98 Å². The second-order valence-electron chi connectivity index (χ2n) is 5.37. The normalized spacial score (nSPS) is 17.5. The first-order valence-corrected chi connectivity index (χ1v) is 8.19. The van der Waals surface area contributed by atoms with E-state index in [-0.39, 0.29) is 11.7 Å². The van der Waals surface area contributed by atoms with Gasteiger partial charge in [-0.1, -0.05) is 37.4 Å². The number of nitrogen functional groups attached to an aromatic ring is 1. The van der Waals surface area contributed by atoms with Gasteiger partial charge in [0.05, 0.1) is 28.7 Å². The molecule has 3 N–H and O–H groups in total. The van der Waals surface area contributed by atoms with E-state index in [9.17, 15) is 10.1 Å². The Balaban J connectivity index is 1.88. The fourth-order valence-corrected chi connectivity index (χ4v) is 3.16. The van der Waals surface area contributed by atoms with Crippen LogP contribution in [0.25, 0.3) is 0 Å². The molecule has 0 saturated heterocycles.